The molecule has 1 amide bonds. The number of carbonyl (C=O) groups is 1. The second-order valence-electron chi connectivity index (χ2n) is 5.45. The van der Waals surface area contributed by atoms with Crippen LogP contribution in [-0.2, 0) is 9.53 Å². The molecule has 21 heavy (non-hydrogen) atoms. The molecule has 1 aromatic rings. The van der Waals surface area contributed by atoms with Crippen molar-refractivity contribution in [3.63, 3.8) is 0 Å². The number of ether oxygens (including phenoxy) is 2. The maximum atomic E-state index is 11.9. The number of aliphatic hydroxyl groups is 1. The predicted octanol–water partition coefficient (Wildman–Crippen LogP) is 1.46. The number of hydrogen-bond donors (Lipinski definition) is 1. The van der Waals surface area contributed by atoms with Gasteiger partial charge in [-0.05, 0) is 25.0 Å². The average Bonchev–Trinajstić information content (AvgIpc) is 2.52. The number of nitrogens with zero attached hydrogens (tertiary/aromatic N) is 1. The first-order valence-electron chi connectivity index (χ1n) is 7.30. The zero-order chi connectivity index (χ0) is 15.1. The van der Waals surface area contributed by atoms with Crippen LogP contribution >= 0.6 is 0 Å². The fourth-order valence-corrected chi connectivity index (χ4v) is 2.40. The Hall–Kier alpha value is -1.59. The van der Waals surface area contributed by atoms with Crippen molar-refractivity contribution < 1.29 is 19.4 Å². The lowest BCUT2D eigenvalue weighted by Crippen LogP contribution is -2.49. The largest absolute Gasteiger partial charge is 0.491 e. The third-order valence-electron chi connectivity index (χ3n) is 3.82. The van der Waals surface area contributed by atoms with Gasteiger partial charge < -0.3 is 19.5 Å². The first kappa shape index (κ1) is 15.8. The molecule has 0 atom stereocenters. The van der Waals surface area contributed by atoms with Gasteiger partial charge in [-0.2, -0.15) is 0 Å². The van der Waals surface area contributed by atoms with Crippen LogP contribution in [0.4, 0.5) is 0 Å². The molecule has 1 fully saturated rings. The molecule has 0 spiro atoms. The number of rotatable bonds is 6. The monoisotopic (exact) mass is 293 g/mol. The molecule has 1 aliphatic rings. The Kier molecular flexibility index (Phi) is 5.59. The first-order valence-corrected chi connectivity index (χ1v) is 7.30. The lowest BCUT2D eigenvalue weighted by molar-refractivity contribution is -0.137. The Morgan fingerprint density at radius 3 is 2.57 bits per heavy atom. The van der Waals surface area contributed by atoms with Gasteiger partial charge in [0.05, 0.1) is 13.0 Å². The zero-order valence-corrected chi connectivity index (χ0v) is 12.5. The molecule has 1 saturated heterocycles. The molecule has 5 nitrogen and oxygen atoms in total. The van der Waals surface area contributed by atoms with Crippen molar-refractivity contribution in [2.75, 3.05) is 33.4 Å². The molecule has 0 saturated carbocycles. The van der Waals surface area contributed by atoms with Crippen molar-refractivity contribution >= 4 is 5.91 Å². The van der Waals surface area contributed by atoms with E-state index in [-0.39, 0.29) is 12.5 Å². The van der Waals surface area contributed by atoms with Gasteiger partial charge in [-0.25, -0.2) is 0 Å². The third-order valence-corrected chi connectivity index (χ3v) is 3.82. The Morgan fingerprint density at radius 2 is 1.95 bits per heavy atom. The summed E-state index contributed by atoms with van der Waals surface area (Å²) < 4.78 is 10.6. The quantitative estimate of drug-likeness (QED) is 0.862. The molecule has 0 bridgehead atoms. The van der Waals surface area contributed by atoms with Crippen LogP contribution in [0, 0.1) is 0 Å². The summed E-state index contributed by atoms with van der Waals surface area (Å²) in [5.74, 6) is 0.840. The van der Waals surface area contributed by atoms with E-state index in [9.17, 15) is 9.90 Å². The third kappa shape index (κ3) is 4.72. The molecule has 116 valence electrons. The summed E-state index contributed by atoms with van der Waals surface area (Å²) in [6, 6.07) is 9.46. The summed E-state index contributed by atoms with van der Waals surface area (Å²) >= 11 is 0. The molecular weight excluding hydrogens is 270 g/mol. The van der Waals surface area contributed by atoms with E-state index < -0.39 is 5.60 Å². The lowest BCUT2D eigenvalue weighted by Gasteiger charge is -2.38. The van der Waals surface area contributed by atoms with E-state index in [0.29, 0.717) is 39.0 Å². The highest BCUT2D eigenvalue weighted by molar-refractivity contribution is 5.76. The normalized spacial score (nSPS) is 17.5. The van der Waals surface area contributed by atoms with Crippen LogP contribution in [-0.4, -0.2) is 54.9 Å². The zero-order valence-electron chi connectivity index (χ0n) is 12.5. The van der Waals surface area contributed by atoms with E-state index in [4.69, 9.17) is 9.47 Å². The van der Waals surface area contributed by atoms with E-state index in [0.717, 1.165) is 5.75 Å². The van der Waals surface area contributed by atoms with Crippen molar-refractivity contribution in [2.45, 2.75) is 24.9 Å². The van der Waals surface area contributed by atoms with Crippen LogP contribution in [0.25, 0.3) is 0 Å². The number of methoxy groups -OCH3 is 1. The van der Waals surface area contributed by atoms with Crippen LogP contribution < -0.4 is 4.74 Å². The highest BCUT2D eigenvalue weighted by Crippen LogP contribution is 2.24. The first-order chi connectivity index (χ1) is 10.1. The number of piperidine rings is 1. The van der Waals surface area contributed by atoms with Gasteiger partial charge in [0.25, 0.3) is 0 Å². The molecule has 0 unspecified atom stereocenters. The highest BCUT2D eigenvalue weighted by atomic mass is 16.5. The Bertz CT molecular complexity index is 441. The van der Waals surface area contributed by atoms with E-state index in [2.05, 4.69) is 0 Å². The SMILES string of the molecule is COCCC(=O)N1CCC(O)(COc2ccccc2)CC1. The lowest BCUT2D eigenvalue weighted by atomic mass is 9.92. The molecular formula is C16H23NO4. The van der Waals surface area contributed by atoms with Gasteiger partial charge in [-0.1, -0.05) is 18.2 Å². The molecule has 1 aliphatic heterocycles. The predicted molar refractivity (Wildman–Crippen MR) is 79.2 cm³/mol. The van der Waals surface area contributed by atoms with Crippen LogP contribution in [0.3, 0.4) is 0 Å². The maximum absolute atomic E-state index is 11.9. The van der Waals surface area contributed by atoms with E-state index in [1.54, 1.807) is 12.0 Å². The molecule has 5 heteroatoms. The number of para-hydroxylation sites is 1. The second kappa shape index (κ2) is 7.43. The van der Waals surface area contributed by atoms with Gasteiger partial charge in [0.2, 0.25) is 5.91 Å². The van der Waals surface area contributed by atoms with Crippen molar-refractivity contribution in [1.82, 2.24) is 4.90 Å². The molecule has 1 heterocycles. The molecule has 2 rings (SSSR count). The topological polar surface area (TPSA) is 59.0 Å². The molecule has 0 radical (unpaired) electrons. The fraction of sp³-hybridized carbons (Fsp3) is 0.562. The summed E-state index contributed by atoms with van der Waals surface area (Å²) in [4.78, 5) is 13.7. The van der Waals surface area contributed by atoms with Crippen molar-refractivity contribution in [1.29, 1.82) is 0 Å². The van der Waals surface area contributed by atoms with Crippen molar-refractivity contribution in [2.24, 2.45) is 0 Å². The number of amides is 1. The van der Waals surface area contributed by atoms with Gasteiger partial charge in [-0.15, -0.1) is 0 Å². The maximum Gasteiger partial charge on any atom is 0.224 e. The number of benzene rings is 1. The summed E-state index contributed by atoms with van der Waals surface area (Å²) in [5.41, 5.74) is -0.853. The average molecular weight is 293 g/mol. The smallest absolute Gasteiger partial charge is 0.224 e. The van der Waals surface area contributed by atoms with E-state index in [1.807, 2.05) is 30.3 Å². The summed E-state index contributed by atoms with van der Waals surface area (Å²) in [5, 5.41) is 10.5. The Labute approximate surface area is 125 Å². The number of likely N-dealkylation sites (tertiary alicyclic amines) is 1. The fourth-order valence-electron chi connectivity index (χ4n) is 2.40. The molecule has 1 aromatic carbocycles. The Balaban J connectivity index is 1.77. The van der Waals surface area contributed by atoms with Crippen molar-refractivity contribution in [3.8, 4) is 5.75 Å². The Morgan fingerprint density at radius 1 is 1.29 bits per heavy atom. The van der Waals surface area contributed by atoms with Gasteiger partial charge in [0.15, 0.2) is 0 Å². The van der Waals surface area contributed by atoms with Crippen molar-refractivity contribution in [3.05, 3.63) is 30.3 Å². The number of hydrogen-bond acceptors (Lipinski definition) is 4. The van der Waals surface area contributed by atoms with Gasteiger partial charge in [0, 0.05) is 20.2 Å². The van der Waals surface area contributed by atoms with Crippen LogP contribution in [0.2, 0.25) is 0 Å². The van der Waals surface area contributed by atoms with Crippen LogP contribution in [0.5, 0.6) is 5.75 Å². The van der Waals surface area contributed by atoms with Crippen LogP contribution in [0.15, 0.2) is 30.3 Å². The number of carbonyl (C=O) groups excluding carboxylic acids is 1. The minimum absolute atomic E-state index is 0.0860. The minimum atomic E-state index is -0.853. The minimum Gasteiger partial charge on any atom is -0.491 e. The summed E-state index contributed by atoms with van der Waals surface area (Å²) in [6.07, 6.45) is 1.48. The summed E-state index contributed by atoms with van der Waals surface area (Å²) in [7, 11) is 1.59. The van der Waals surface area contributed by atoms with Crippen LogP contribution in [0.1, 0.15) is 19.3 Å². The second-order valence-corrected chi connectivity index (χ2v) is 5.45. The molecule has 0 aromatic heterocycles. The van der Waals surface area contributed by atoms with Gasteiger partial charge >= 0.3 is 0 Å². The molecule has 1 N–H and O–H groups in total. The molecule has 0 aliphatic carbocycles. The highest BCUT2D eigenvalue weighted by Gasteiger charge is 2.34. The summed E-state index contributed by atoms with van der Waals surface area (Å²) in [6.45, 7) is 1.84. The van der Waals surface area contributed by atoms with E-state index in [1.165, 1.54) is 0 Å². The standard InChI is InChI=1S/C16H23NO4/c1-20-12-7-15(18)17-10-8-16(19,9-11-17)13-21-14-5-3-2-4-6-14/h2-6,19H,7-13H2,1H3. The van der Waals surface area contributed by atoms with E-state index >= 15 is 0 Å². The van der Waals surface area contributed by atoms with Gasteiger partial charge in [-0.3, -0.25) is 4.79 Å². The van der Waals surface area contributed by atoms with Gasteiger partial charge in [0.1, 0.15) is 18.0 Å².